The van der Waals surface area contributed by atoms with Crippen molar-refractivity contribution in [1.82, 2.24) is 4.90 Å². The van der Waals surface area contributed by atoms with E-state index in [9.17, 15) is 4.79 Å². The number of likely N-dealkylation sites (tertiary alicyclic amines) is 1. The number of rotatable bonds is 5. The fraction of sp³-hybridized carbons (Fsp3) is 0.533. The Kier molecular flexibility index (Phi) is 5.29. The number of methoxy groups -OCH3 is 2. The summed E-state index contributed by atoms with van der Waals surface area (Å²) in [4.78, 5) is 14.5. The summed E-state index contributed by atoms with van der Waals surface area (Å²) in [6.45, 7) is 1.64. The third-order valence-electron chi connectivity index (χ3n) is 3.72. The van der Waals surface area contributed by atoms with Crippen LogP contribution in [0.15, 0.2) is 18.2 Å². The minimum Gasteiger partial charge on any atom is -0.493 e. The highest BCUT2D eigenvalue weighted by Crippen LogP contribution is 2.32. The first kappa shape index (κ1) is 15.2. The highest BCUT2D eigenvalue weighted by molar-refractivity contribution is 9.09. The fourth-order valence-electron chi connectivity index (χ4n) is 2.63. The molecule has 1 heterocycles. The third kappa shape index (κ3) is 3.08. The smallest absolute Gasteiger partial charge is 0.257 e. The van der Waals surface area contributed by atoms with Gasteiger partial charge in [-0.05, 0) is 30.9 Å². The number of carbonyl (C=O) groups is 1. The molecule has 4 nitrogen and oxygen atoms in total. The molecule has 1 aromatic rings. The van der Waals surface area contributed by atoms with Gasteiger partial charge in [0.15, 0.2) is 11.5 Å². The summed E-state index contributed by atoms with van der Waals surface area (Å²) in [5.41, 5.74) is 0.575. The summed E-state index contributed by atoms with van der Waals surface area (Å²) < 4.78 is 10.6. The van der Waals surface area contributed by atoms with Crippen LogP contribution in [0.5, 0.6) is 11.5 Å². The number of hydrogen-bond donors (Lipinski definition) is 0. The van der Waals surface area contributed by atoms with Gasteiger partial charge in [-0.1, -0.05) is 22.0 Å². The minimum absolute atomic E-state index is 0.0258. The molecule has 20 heavy (non-hydrogen) atoms. The molecule has 1 aliphatic rings. The van der Waals surface area contributed by atoms with Crippen LogP contribution in [0.3, 0.4) is 0 Å². The van der Waals surface area contributed by atoms with Gasteiger partial charge in [0.2, 0.25) is 0 Å². The van der Waals surface area contributed by atoms with Crippen molar-refractivity contribution in [3.8, 4) is 11.5 Å². The normalized spacial score (nSPS) is 18.1. The van der Waals surface area contributed by atoms with E-state index in [1.807, 2.05) is 11.0 Å². The van der Waals surface area contributed by atoms with E-state index in [4.69, 9.17) is 9.47 Å². The largest absolute Gasteiger partial charge is 0.493 e. The van der Waals surface area contributed by atoms with Gasteiger partial charge < -0.3 is 14.4 Å². The molecule has 1 saturated heterocycles. The summed E-state index contributed by atoms with van der Waals surface area (Å²) in [7, 11) is 3.14. The Hall–Kier alpha value is -1.23. The van der Waals surface area contributed by atoms with Crippen molar-refractivity contribution in [3.05, 3.63) is 23.8 Å². The first-order valence-electron chi connectivity index (χ1n) is 6.77. The van der Waals surface area contributed by atoms with E-state index in [2.05, 4.69) is 15.9 Å². The van der Waals surface area contributed by atoms with E-state index in [-0.39, 0.29) is 5.91 Å². The van der Waals surface area contributed by atoms with Crippen molar-refractivity contribution in [2.45, 2.75) is 12.8 Å². The number of para-hydroxylation sites is 1. The van der Waals surface area contributed by atoms with E-state index >= 15 is 0 Å². The van der Waals surface area contributed by atoms with Crippen molar-refractivity contribution in [3.63, 3.8) is 0 Å². The molecule has 110 valence electrons. The topological polar surface area (TPSA) is 38.8 Å². The van der Waals surface area contributed by atoms with Crippen LogP contribution in [0.2, 0.25) is 0 Å². The molecule has 1 aliphatic heterocycles. The van der Waals surface area contributed by atoms with Crippen molar-refractivity contribution in [2.75, 3.05) is 32.6 Å². The quantitative estimate of drug-likeness (QED) is 0.773. The molecule has 0 aromatic heterocycles. The number of carbonyl (C=O) groups excluding carboxylic acids is 1. The standard InChI is InChI=1S/C15H20BrNO3/c1-19-13-5-3-4-12(14(13)20-2)15(18)17-9-7-11(10-17)6-8-16/h3-5,11H,6-10H2,1-2H3. The SMILES string of the molecule is COc1cccc(C(=O)N2CCC(CCBr)C2)c1OC. The number of alkyl halides is 1. The summed E-state index contributed by atoms with van der Waals surface area (Å²) in [5.74, 6) is 1.73. The molecule has 1 atom stereocenters. The number of benzene rings is 1. The van der Waals surface area contributed by atoms with Gasteiger partial charge in [-0.2, -0.15) is 0 Å². The second kappa shape index (κ2) is 6.97. The maximum Gasteiger partial charge on any atom is 0.257 e. The van der Waals surface area contributed by atoms with Gasteiger partial charge in [-0.25, -0.2) is 0 Å². The van der Waals surface area contributed by atoms with Crippen LogP contribution >= 0.6 is 15.9 Å². The average Bonchev–Trinajstić information content (AvgIpc) is 2.94. The summed E-state index contributed by atoms with van der Waals surface area (Å²) in [6.07, 6.45) is 2.18. The number of ether oxygens (including phenoxy) is 2. The van der Waals surface area contributed by atoms with Crippen LogP contribution in [-0.4, -0.2) is 43.4 Å². The lowest BCUT2D eigenvalue weighted by molar-refractivity contribution is 0.0783. The molecule has 2 rings (SSSR count). The Bertz CT molecular complexity index is 478. The fourth-order valence-corrected chi connectivity index (χ4v) is 3.28. The number of halogens is 1. The highest BCUT2D eigenvalue weighted by Gasteiger charge is 2.28. The Labute approximate surface area is 128 Å². The zero-order chi connectivity index (χ0) is 14.5. The van der Waals surface area contributed by atoms with E-state index in [1.54, 1.807) is 26.4 Å². The molecular formula is C15H20BrNO3. The molecule has 0 aliphatic carbocycles. The second-order valence-corrected chi connectivity index (χ2v) is 5.72. The average molecular weight is 342 g/mol. The lowest BCUT2D eigenvalue weighted by Gasteiger charge is -2.19. The van der Waals surface area contributed by atoms with Gasteiger partial charge in [0.05, 0.1) is 19.8 Å². The van der Waals surface area contributed by atoms with Gasteiger partial charge in [0, 0.05) is 18.4 Å². The van der Waals surface area contributed by atoms with Crippen molar-refractivity contribution >= 4 is 21.8 Å². The van der Waals surface area contributed by atoms with Crippen molar-refractivity contribution < 1.29 is 14.3 Å². The zero-order valence-corrected chi connectivity index (χ0v) is 13.5. The van der Waals surface area contributed by atoms with Gasteiger partial charge >= 0.3 is 0 Å². The molecule has 0 bridgehead atoms. The summed E-state index contributed by atoms with van der Waals surface area (Å²) in [6, 6.07) is 5.41. The molecule has 5 heteroatoms. The monoisotopic (exact) mass is 341 g/mol. The first-order chi connectivity index (χ1) is 9.71. The first-order valence-corrected chi connectivity index (χ1v) is 7.89. The summed E-state index contributed by atoms with van der Waals surface area (Å²) >= 11 is 3.46. The summed E-state index contributed by atoms with van der Waals surface area (Å²) in [5, 5.41) is 0.988. The number of nitrogens with zero attached hydrogens (tertiary/aromatic N) is 1. The molecule has 0 N–H and O–H groups in total. The van der Waals surface area contributed by atoms with Crippen LogP contribution in [0.1, 0.15) is 23.2 Å². The van der Waals surface area contributed by atoms with E-state index < -0.39 is 0 Å². The van der Waals surface area contributed by atoms with Gasteiger partial charge in [-0.3, -0.25) is 4.79 Å². The van der Waals surface area contributed by atoms with Crippen LogP contribution in [-0.2, 0) is 0 Å². The number of hydrogen-bond acceptors (Lipinski definition) is 3. The minimum atomic E-state index is 0.0258. The molecule has 0 spiro atoms. The van der Waals surface area contributed by atoms with Gasteiger partial charge in [0.1, 0.15) is 0 Å². The number of amides is 1. The predicted octanol–water partition coefficient (Wildman–Crippen LogP) is 2.95. The van der Waals surface area contributed by atoms with Crippen LogP contribution in [0, 0.1) is 5.92 Å². The lowest BCUT2D eigenvalue weighted by atomic mass is 10.1. The zero-order valence-electron chi connectivity index (χ0n) is 11.9. The maximum atomic E-state index is 12.6. The van der Waals surface area contributed by atoms with E-state index in [0.717, 1.165) is 31.3 Å². The molecule has 1 amide bonds. The lowest BCUT2D eigenvalue weighted by Crippen LogP contribution is -2.29. The van der Waals surface area contributed by atoms with E-state index in [1.165, 1.54) is 0 Å². The third-order valence-corrected chi connectivity index (χ3v) is 4.18. The van der Waals surface area contributed by atoms with Gasteiger partial charge in [-0.15, -0.1) is 0 Å². The van der Waals surface area contributed by atoms with Crippen molar-refractivity contribution in [1.29, 1.82) is 0 Å². The van der Waals surface area contributed by atoms with Crippen molar-refractivity contribution in [2.24, 2.45) is 5.92 Å². The Morgan fingerprint density at radius 3 is 2.85 bits per heavy atom. The second-order valence-electron chi connectivity index (χ2n) is 4.92. The van der Waals surface area contributed by atoms with Crippen LogP contribution < -0.4 is 9.47 Å². The molecule has 0 radical (unpaired) electrons. The molecule has 0 saturated carbocycles. The molecule has 1 fully saturated rings. The molecular weight excluding hydrogens is 322 g/mol. The Balaban J connectivity index is 2.18. The maximum absolute atomic E-state index is 12.6. The van der Waals surface area contributed by atoms with E-state index in [0.29, 0.717) is 23.0 Å². The van der Waals surface area contributed by atoms with Gasteiger partial charge in [0.25, 0.3) is 5.91 Å². The molecule has 1 unspecified atom stereocenters. The molecule has 1 aromatic carbocycles. The predicted molar refractivity (Wildman–Crippen MR) is 82.0 cm³/mol. The van der Waals surface area contributed by atoms with Crippen LogP contribution in [0.4, 0.5) is 0 Å². The Morgan fingerprint density at radius 2 is 2.20 bits per heavy atom. The Morgan fingerprint density at radius 1 is 1.40 bits per heavy atom. The highest BCUT2D eigenvalue weighted by atomic mass is 79.9. The van der Waals surface area contributed by atoms with Crippen LogP contribution in [0.25, 0.3) is 0 Å².